The average Bonchev–Trinajstić information content (AvgIpc) is 2.85. The summed E-state index contributed by atoms with van der Waals surface area (Å²) >= 11 is 0. The van der Waals surface area contributed by atoms with Gasteiger partial charge >= 0.3 is 0 Å². The number of benzene rings is 1. The summed E-state index contributed by atoms with van der Waals surface area (Å²) < 4.78 is 2.05. The molecule has 4 heteroatoms. The molecule has 0 amide bonds. The van der Waals surface area contributed by atoms with E-state index in [9.17, 15) is 5.11 Å². The normalized spacial score (nSPS) is 23.3. The monoisotopic (exact) mass is 285 g/mol. The number of aliphatic hydroxyl groups is 1. The molecule has 112 valence electrons. The van der Waals surface area contributed by atoms with Crippen LogP contribution in [0.25, 0.3) is 0 Å². The Bertz CT molecular complexity index is 581. The third kappa shape index (κ3) is 3.52. The van der Waals surface area contributed by atoms with E-state index in [2.05, 4.69) is 34.1 Å². The molecule has 0 spiro atoms. The molecule has 2 heterocycles. The molecule has 1 unspecified atom stereocenters. The lowest BCUT2D eigenvalue weighted by Crippen LogP contribution is -2.50. The summed E-state index contributed by atoms with van der Waals surface area (Å²) in [5.41, 5.74) is 1.75. The zero-order valence-corrected chi connectivity index (χ0v) is 12.6. The van der Waals surface area contributed by atoms with Crippen LogP contribution in [0.1, 0.15) is 24.1 Å². The highest BCUT2D eigenvalue weighted by Crippen LogP contribution is 2.24. The predicted octanol–water partition coefficient (Wildman–Crippen LogP) is 2.22. The number of aryl methyl sites for hydroxylation is 1. The lowest BCUT2D eigenvalue weighted by atomic mass is 9.92. The standard InChI is InChI=1S/C17H23N3O/c1-15-10-18-14-20(15)13-17(21)8-5-9-19(12-17)11-16-6-3-2-4-7-16/h2-4,6-7,10,14,21H,5,8-9,11-13H2,1H3. The zero-order valence-electron chi connectivity index (χ0n) is 12.6. The van der Waals surface area contributed by atoms with Gasteiger partial charge in [0.15, 0.2) is 0 Å². The number of piperidine rings is 1. The van der Waals surface area contributed by atoms with E-state index in [1.54, 1.807) is 0 Å². The number of nitrogens with zero attached hydrogens (tertiary/aromatic N) is 3. The molecule has 1 aliphatic rings. The number of β-amino-alcohol motifs (C(OH)–C–C–N with tert-alkyl or cyclic N) is 1. The molecule has 1 saturated heterocycles. The Morgan fingerprint density at radius 1 is 1.29 bits per heavy atom. The van der Waals surface area contributed by atoms with Gasteiger partial charge in [-0.1, -0.05) is 30.3 Å². The lowest BCUT2D eigenvalue weighted by Gasteiger charge is -2.39. The predicted molar refractivity (Wildman–Crippen MR) is 82.9 cm³/mol. The minimum Gasteiger partial charge on any atom is -0.387 e. The molecule has 21 heavy (non-hydrogen) atoms. The maximum Gasteiger partial charge on any atom is 0.0952 e. The number of imidazole rings is 1. The summed E-state index contributed by atoms with van der Waals surface area (Å²) in [6, 6.07) is 10.5. The van der Waals surface area contributed by atoms with Crippen LogP contribution in [0, 0.1) is 6.92 Å². The van der Waals surface area contributed by atoms with Crippen LogP contribution in [0.4, 0.5) is 0 Å². The molecule has 0 radical (unpaired) electrons. The Hall–Kier alpha value is -1.65. The van der Waals surface area contributed by atoms with Crippen LogP contribution in [0.2, 0.25) is 0 Å². The summed E-state index contributed by atoms with van der Waals surface area (Å²) in [5.74, 6) is 0. The molecular formula is C17H23N3O. The largest absolute Gasteiger partial charge is 0.387 e. The van der Waals surface area contributed by atoms with Crippen molar-refractivity contribution in [2.75, 3.05) is 13.1 Å². The Labute approximate surface area is 126 Å². The van der Waals surface area contributed by atoms with E-state index >= 15 is 0 Å². The highest BCUT2D eigenvalue weighted by Gasteiger charge is 2.33. The van der Waals surface area contributed by atoms with Crippen LogP contribution in [0.15, 0.2) is 42.9 Å². The van der Waals surface area contributed by atoms with E-state index in [-0.39, 0.29) is 0 Å². The Balaban J connectivity index is 1.66. The third-order valence-corrected chi connectivity index (χ3v) is 4.27. The molecule has 2 aromatic rings. The molecule has 1 aliphatic heterocycles. The molecular weight excluding hydrogens is 262 g/mol. The minimum absolute atomic E-state index is 0.629. The molecule has 1 aromatic carbocycles. The fraction of sp³-hybridized carbons (Fsp3) is 0.471. The molecule has 1 fully saturated rings. The maximum atomic E-state index is 10.9. The average molecular weight is 285 g/mol. The summed E-state index contributed by atoms with van der Waals surface area (Å²) in [6.45, 7) is 5.34. The highest BCUT2D eigenvalue weighted by molar-refractivity contribution is 5.14. The first-order chi connectivity index (χ1) is 10.1. The molecule has 3 rings (SSSR count). The van der Waals surface area contributed by atoms with Crippen molar-refractivity contribution in [2.45, 2.75) is 38.5 Å². The number of hydrogen-bond acceptors (Lipinski definition) is 3. The fourth-order valence-corrected chi connectivity index (χ4v) is 3.18. The van der Waals surface area contributed by atoms with Gasteiger partial charge in [-0.15, -0.1) is 0 Å². The van der Waals surface area contributed by atoms with Gasteiger partial charge in [-0.25, -0.2) is 4.98 Å². The van der Waals surface area contributed by atoms with Gasteiger partial charge in [0, 0.05) is 25.0 Å². The van der Waals surface area contributed by atoms with E-state index in [0.29, 0.717) is 6.54 Å². The smallest absolute Gasteiger partial charge is 0.0952 e. The molecule has 0 saturated carbocycles. The Kier molecular flexibility index (Phi) is 4.08. The summed E-state index contributed by atoms with van der Waals surface area (Å²) in [6.07, 6.45) is 5.55. The van der Waals surface area contributed by atoms with Gasteiger partial charge < -0.3 is 9.67 Å². The van der Waals surface area contributed by atoms with Crippen molar-refractivity contribution in [1.29, 1.82) is 0 Å². The molecule has 0 bridgehead atoms. The molecule has 1 atom stereocenters. The number of rotatable bonds is 4. The number of hydrogen-bond donors (Lipinski definition) is 1. The quantitative estimate of drug-likeness (QED) is 0.936. The van der Waals surface area contributed by atoms with Crippen molar-refractivity contribution >= 4 is 0 Å². The van der Waals surface area contributed by atoms with Crippen molar-refractivity contribution in [3.63, 3.8) is 0 Å². The van der Waals surface area contributed by atoms with Gasteiger partial charge in [0.05, 0.1) is 18.5 Å². The molecule has 1 aromatic heterocycles. The minimum atomic E-state index is -0.654. The van der Waals surface area contributed by atoms with Crippen LogP contribution in [-0.2, 0) is 13.1 Å². The Morgan fingerprint density at radius 2 is 2.10 bits per heavy atom. The first-order valence-corrected chi connectivity index (χ1v) is 7.60. The van der Waals surface area contributed by atoms with Crippen molar-refractivity contribution in [2.24, 2.45) is 0 Å². The third-order valence-electron chi connectivity index (χ3n) is 4.27. The van der Waals surface area contributed by atoms with Gasteiger partial charge in [-0.05, 0) is 31.9 Å². The summed E-state index contributed by atoms with van der Waals surface area (Å²) in [4.78, 5) is 6.50. The lowest BCUT2D eigenvalue weighted by molar-refractivity contribution is -0.0457. The van der Waals surface area contributed by atoms with Gasteiger partial charge in [0.2, 0.25) is 0 Å². The summed E-state index contributed by atoms with van der Waals surface area (Å²) in [7, 11) is 0. The second-order valence-corrected chi connectivity index (χ2v) is 6.19. The first kappa shape index (κ1) is 14.3. The Morgan fingerprint density at radius 3 is 2.81 bits per heavy atom. The van der Waals surface area contributed by atoms with Gasteiger partial charge in [0.25, 0.3) is 0 Å². The van der Waals surface area contributed by atoms with Crippen LogP contribution in [0.3, 0.4) is 0 Å². The van der Waals surface area contributed by atoms with E-state index in [1.807, 2.05) is 30.1 Å². The zero-order chi connectivity index (χ0) is 14.7. The van der Waals surface area contributed by atoms with Crippen molar-refractivity contribution in [1.82, 2.24) is 14.5 Å². The molecule has 1 N–H and O–H groups in total. The first-order valence-electron chi connectivity index (χ1n) is 7.60. The van der Waals surface area contributed by atoms with E-state index in [4.69, 9.17) is 0 Å². The number of aromatic nitrogens is 2. The maximum absolute atomic E-state index is 10.9. The molecule has 4 nitrogen and oxygen atoms in total. The van der Waals surface area contributed by atoms with Gasteiger partial charge in [0.1, 0.15) is 0 Å². The van der Waals surface area contributed by atoms with Crippen molar-refractivity contribution < 1.29 is 5.11 Å². The summed E-state index contributed by atoms with van der Waals surface area (Å²) in [5, 5.41) is 10.9. The highest BCUT2D eigenvalue weighted by atomic mass is 16.3. The SMILES string of the molecule is Cc1cncn1CC1(O)CCCN(Cc2ccccc2)C1. The number of likely N-dealkylation sites (tertiary alicyclic amines) is 1. The van der Waals surface area contributed by atoms with Crippen LogP contribution in [0.5, 0.6) is 0 Å². The van der Waals surface area contributed by atoms with Crippen LogP contribution < -0.4 is 0 Å². The van der Waals surface area contributed by atoms with Gasteiger partial charge in [-0.2, -0.15) is 0 Å². The van der Waals surface area contributed by atoms with Crippen LogP contribution >= 0.6 is 0 Å². The fourth-order valence-electron chi connectivity index (χ4n) is 3.18. The van der Waals surface area contributed by atoms with E-state index in [0.717, 1.165) is 38.2 Å². The molecule has 0 aliphatic carbocycles. The second-order valence-electron chi connectivity index (χ2n) is 6.19. The van der Waals surface area contributed by atoms with Crippen molar-refractivity contribution in [3.8, 4) is 0 Å². The van der Waals surface area contributed by atoms with Gasteiger partial charge in [-0.3, -0.25) is 4.90 Å². The van der Waals surface area contributed by atoms with Crippen LogP contribution in [-0.4, -0.2) is 38.2 Å². The van der Waals surface area contributed by atoms with E-state index in [1.165, 1.54) is 5.56 Å². The van der Waals surface area contributed by atoms with Crippen molar-refractivity contribution in [3.05, 3.63) is 54.1 Å². The van der Waals surface area contributed by atoms with E-state index < -0.39 is 5.60 Å². The topological polar surface area (TPSA) is 41.3 Å². The second kappa shape index (κ2) is 6.00.